The van der Waals surface area contributed by atoms with Crippen LogP contribution in [0.15, 0.2) is 28.7 Å². The van der Waals surface area contributed by atoms with Gasteiger partial charge in [-0.3, -0.25) is 4.79 Å². The molecule has 2 aromatic rings. The van der Waals surface area contributed by atoms with E-state index in [1.54, 1.807) is 4.90 Å². The minimum absolute atomic E-state index is 0.0698. The van der Waals surface area contributed by atoms with Gasteiger partial charge in [0, 0.05) is 18.2 Å². The Bertz CT molecular complexity index is 619. The molecule has 1 aliphatic heterocycles. The maximum absolute atomic E-state index is 12.4. The number of hydrogen-bond acceptors (Lipinski definition) is 4. The lowest BCUT2D eigenvalue weighted by molar-refractivity contribution is 0.0954. The van der Waals surface area contributed by atoms with Gasteiger partial charge in [-0.05, 0) is 18.1 Å². The Morgan fingerprint density at radius 3 is 2.84 bits per heavy atom. The van der Waals surface area contributed by atoms with Crippen LogP contribution < -0.4 is 4.90 Å². The molecule has 0 atom stereocenters. The molecule has 98 valence electrons. The number of carbonyl (C=O) groups is 1. The summed E-state index contributed by atoms with van der Waals surface area (Å²) in [5.41, 5.74) is 2.12. The number of anilines is 1. The predicted molar refractivity (Wildman–Crippen MR) is 70.2 cm³/mol. The van der Waals surface area contributed by atoms with Crippen LogP contribution in [0.2, 0.25) is 0 Å². The number of hydrogen-bond donors (Lipinski definition) is 0. The van der Waals surface area contributed by atoms with Crippen molar-refractivity contribution in [2.75, 3.05) is 11.4 Å². The van der Waals surface area contributed by atoms with Crippen molar-refractivity contribution in [1.82, 2.24) is 10.2 Å². The van der Waals surface area contributed by atoms with Crippen molar-refractivity contribution in [2.45, 2.75) is 26.2 Å². The first-order chi connectivity index (χ1) is 9.16. The van der Waals surface area contributed by atoms with Gasteiger partial charge in [-0.25, -0.2) is 0 Å². The van der Waals surface area contributed by atoms with Crippen LogP contribution in [0, 0.1) is 0 Å². The lowest BCUT2D eigenvalue weighted by atomic mass is 10.2. The first kappa shape index (κ1) is 11.9. The predicted octanol–water partition coefficient (Wildman–Crippen LogP) is 2.40. The maximum Gasteiger partial charge on any atom is 0.315 e. The van der Waals surface area contributed by atoms with Gasteiger partial charge in [-0.1, -0.05) is 32.0 Å². The number of nitrogens with zero attached hydrogens (tertiary/aromatic N) is 3. The fourth-order valence-corrected chi connectivity index (χ4v) is 2.22. The standard InChI is InChI=1S/C14H15N3O2/c1-9(2)12-15-16-13(19-12)14(18)17-8-7-10-5-3-4-6-11(10)17/h3-6,9H,7-8H2,1-2H3. The van der Waals surface area contributed by atoms with Gasteiger partial charge in [0.25, 0.3) is 0 Å². The molecule has 0 spiro atoms. The minimum Gasteiger partial charge on any atom is -0.417 e. The van der Waals surface area contributed by atoms with Gasteiger partial charge in [0.2, 0.25) is 5.89 Å². The molecule has 5 heteroatoms. The van der Waals surface area contributed by atoms with E-state index in [-0.39, 0.29) is 17.7 Å². The van der Waals surface area contributed by atoms with Gasteiger partial charge in [0.15, 0.2) is 0 Å². The van der Waals surface area contributed by atoms with Crippen molar-refractivity contribution in [3.63, 3.8) is 0 Å². The van der Waals surface area contributed by atoms with E-state index in [1.165, 1.54) is 5.56 Å². The van der Waals surface area contributed by atoms with E-state index in [9.17, 15) is 4.79 Å². The Kier molecular flexibility index (Phi) is 2.81. The quantitative estimate of drug-likeness (QED) is 0.828. The highest BCUT2D eigenvalue weighted by Gasteiger charge is 2.28. The second kappa shape index (κ2) is 4.50. The smallest absolute Gasteiger partial charge is 0.315 e. The zero-order chi connectivity index (χ0) is 13.4. The highest BCUT2D eigenvalue weighted by Crippen LogP contribution is 2.28. The van der Waals surface area contributed by atoms with Crippen LogP contribution >= 0.6 is 0 Å². The van der Waals surface area contributed by atoms with Gasteiger partial charge >= 0.3 is 11.8 Å². The SMILES string of the molecule is CC(C)c1nnc(C(=O)N2CCc3ccccc32)o1. The largest absolute Gasteiger partial charge is 0.417 e. The van der Waals surface area contributed by atoms with Crippen LogP contribution in [0.3, 0.4) is 0 Å². The van der Waals surface area contributed by atoms with Gasteiger partial charge in [-0.2, -0.15) is 0 Å². The maximum atomic E-state index is 12.4. The molecule has 0 bridgehead atoms. The van der Waals surface area contributed by atoms with E-state index in [1.807, 2.05) is 38.1 Å². The number of benzene rings is 1. The molecule has 1 aromatic heterocycles. The Hall–Kier alpha value is -2.17. The Morgan fingerprint density at radius 1 is 1.32 bits per heavy atom. The molecule has 1 aromatic carbocycles. The van der Waals surface area contributed by atoms with Crippen molar-refractivity contribution in [3.8, 4) is 0 Å². The molecule has 0 aliphatic carbocycles. The molecule has 0 saturated heterocycles. The molecule has 0 saturated carbocycles. The molecule has 0 unspecified atom stereocenters. The van der Waals surface area contributed by atoms with E-state index in [2.05, 4.69) is 10.2 Å². The average molecular weight is 257 g/mol. The van der Waals surface area contributed by atoms with E-state index in [0.717, 1.165) is 12.1 Å². The van der Waals surface area contributed by atoms with Gasteiger partial charge in [0.05, 0.1) is 0 Å². The summed E-state index contributed by atoms with van der Waals surface area (Å²) in [6.45, 7) is 4.57. The van der Waals surface area contributed by atoms with Crippen LogP contribution in [0.25, 0.3) is 0 Å². The summed E-state index contributed by atoms with van der Waals surface area (Å²) in [4.78, 5) is 14.1. The van der Waals surface area contributed by atoms with Gasteiger partial charge in [-0.15, -0.1) is 10.2 Å². The third-order valence-electron chi connectivity index (χ3n) is 3.25. The highest BCUT2D eigenvalue weighted by atomic mass is 16.4. The molecule has 19 heavy (non-hydrogen) atoms. The van der Waals surface area contributed by atoms with Crippen molar-refractivity contribution in [3.05, 3.63) is 41.6 Å². The van der Waals surface area contributed by atoms with Crippen LogP contribution in [-0.4, -0.2) is 22.6 Å². The molecule has 5 nitrogen and oxygen atoms in total. The molecular formula is C14H15N3O2. The second-order valence-corrected chi connectivity index (χ2v) is 4.94. The first-order valence-corrected chi connectivity index (χ1v) is 6.40. The van der Waals surface area contributed by atoms with E-state index >= 15 is 0 Å². The molecule has 1 amide bonds. The number of carbonyl (C=O) groups excluding carboxylic acids is 1. The number of amides is 1. The van der Waals surface area contributed by atoms with Crippen molar-refractivity contribution in [1.29, 1.82) is 0 Å². The summed E-state index contributed by atoms with van der Waals surface area (Å²) in [6, 6.07) is 7.89. The Balaban J connectivity index is 1.89. The summed E-state index contributed by atoms with van der Waals surface area (Å²) >= 11 is 0. The summed E-state index contributed by atoms with van der Waals surface area (Å²) < 4.78 is 5.42. The summed E-state index contributed by atoms with van der Waals surface area (Å²) in [6.07, 6.45) is 0.868. The zero-order valence-electron chi connectivity index (χ0n) is 11.0. The second-order valence-electron chi connectivity index (χ2n) is 4.94. The third kappa shape index (κ3) is 2.01. The monoisotopic (exact) mass is 257 g/mol. The van der Waals surface area contributed by atoms with Crippen molar-refractivity contribution < 1.29 is 9.21 Å². The lowest BCUT2D eigenvalue weighted by Crippen LogP contribution is -2.29. The van der Waals surface area contributed by atoms with E-state index in [4.69, 9.17) is 4.42 Å². The molecule has 1 aliphatic rings. The van der Waals surface area contributed by atoms with E-state index in [0.29, 0.717) is 12.4 Å². The molecule has 2 heterocycles. The molecule has 0 N–H and O–H groups in total. The molecular weight excluding hydrogens is 242 g/mol. The van der Waals surface area contributed by atoms with Crippen LogP contribution in [0.4, 0.5) is 5.69 Å². The Morgan fingerprint density at radius 2 is 2.11 bits per heavy atom. The van der Waals surface area contributed by atoms with Gasteiger partial charge in [0.1, 0.15) is 0 Å². The average Bonchev–Trinajstić information content (AvgIpc) is 3.05. The first-order valence-electron chi connectivity index (χ1n) is 6.40. The normalized spacial score (nSPS) is 13.9. The van der Waals surface area contributed by atoms with Gasteiger partial charge < -0.3 is 9.32 Å². The summed E-state index contributed by atoms with van der Waals surface area (Å²) in [5.74, 6) is 0.473. The van der Waals surface area contributed by atoms with Crippen molar-refractivity contribution >= 4 is 11.6 Å². The van der Waals surface area contributed by atoms with Crippen LogP contribution in [0.5, 0.6) is 0 Å². The number of rotatable bonds is 2. The zero-order valence-corrected chi connectivity index (χ0v) is 11.0. The minimum atomic E-state index is -0.218. The molecule has 3 rings (SSSR count). The van der Waals surface area contributed by atoms with Crippen molar-refractivity contribution in [2.24, 2.45) is 0 Å². The lowest BCUT2D eigenvalue weighted by Gasteiger charge is -2.14. The topological polar surface area (TPSA) is 59.2 Å². The fraction of sp³-hybridized carbons (Fsp3) is 0.357. The van der Waals surface area contributed by atoms with Crippen LogP contribution in [-0.2, 0) is 6.42 Å². The van der Waals surface area contributed by atoms with Crippen LogP contribution in [0.1, 0.15) is 41.9 Å². The molecule has 0 radical (unpaired) electrons. The summed E-state index contributed by atoms with van der Waals surface area (Å²) in [5, 5.41) is 7.75. The Labute approximate surface area is 111 Å². The number of aromatic nitrogens is 2. The third-order valence-corrected chi connectivity index (χ3v) is 3.25. The number of para-hydroxylation sites is 1. The molecule has 0 fully saturated rings. The number of fused-ring (bicyclic) bond motifs is 1. The fourth-order valence-electron chi connectivity index (χ4n) is 2.22. The van der Waals surface area contributed by atoms with E-state index < -0.39 is 0 Å². The summed E-state index contributed by atoms with van der Waals surface area (Å²) in [7, 11) is 0. The highest BCUT2D eigenvalue weighted by molar-refractivity contribution is 6.04.